The zero-order chi connectivity index (χ0) is 32.9. The Kier molecular flexibility index (Phi) is 12.2. The number of hydrogen-bond acceptors (Lipinski definition) is 2. The van der Waals surface area contributed by atoms with Gasteiger partial charge < -0.3 is 4.74 Å². The van der Waals surface area contributed by atoms with Gasteiger partial charge in [-0.05, 0) is 66.3 Å². The van der Waals surface area contributed by atoms with Crippen molar-refractivity contribution < 1.29 is 4.74 Å². The second kappa shape index (κ2) is 16.7. The van der Waals surface area contributed by atoms with Crippen LogP contribution in [-0.4, -0.2) is 18.2 Å². The fraction of sp³-hybridized carbons (Fsp3) is 0.163. The summed E-state index contributed by atoms with van der Waals surface area (Å²) in [5, 5.41) is 2.39. The van der Waals surface area contributed by atoms with Crippen molar-refractivity contribution in [2.75, 3.05) is 6.61 Å². The third-order valence-electron chi connectivity index (χ3n) is 7.70. The Balaban J connectivity index is 1.96. The Morgan fingerprint density at radius 1 is 0.913 bits per heavy atom. The minimum atomic E-state index is 0.385. The van der Waals surface area contributed by atoms with Gasteiger partial charge in [0, 0.05) is 22.4 Å². The number of benzene rings is 3. The summed E-state index contributed by atoms with van der Waals surface area (Å²) in [6, 6.07) is 25.0. The van der Waals surface area contributed by atoms with Crippen molar-refractivity contribution in [1.82, 2.24) is 0 Å². The van der Waals surface area contributed by atoms with E-state index in [4.69, 9.17) is 14.7 Å². The molecule has 0 saturated carbocycles. The number of fused-ring (bicyclic) bond motifs is 1. The summed E-state index contributed by atoms with van der Waals surface area (Å²) in [6.45, 7) is 21.0. The third-order valence-corrected chi connectivity index (χ3v) is 7.70. The number of hydrogen-bond donors (Lipinski definition) is 0. The highest BCUT2D eigenvalue weighted by atomic mass is 16.5. The number of nitrogens with zero attached hydrogens (tertiary/aromatic N) is 2. The lowest BCUT2D eigenvalue weighted by atomic mass is 9.93. The highest BCUT2D eigenvalue weighted by Gasteiger charge is 2.24. The van der Waals surface area contributed by atoms with Crippen molar-refractivity contribution in [2.24, 2.45) is 9.98 Å². The molecule has 0 aromatic heterocycles. The first kappa shape index (κ1) is 33.6. The van der Waals surface area contributed by atoms with Crippen LogP contribution in [0.1, 0.15) is 51.7 Å². The van der Waals surface area contributed by atoms with Gasteiger partial charge in [-0.1, -0.05) is 148 Å². The van der Waals surface area contributed by atoms with Gasteiger partial charge in [0.25, 0.3) is 0 Å². The van der Waals surface area contributed by atoms with Crippen LogP contribution >= 0.6 is 0 Å². The Morgan fingerprint density at radius 3 is 2.39 bits per heavy atom. The number of rotatable bonds is 12. The molecule has 3 heteroatoms. The summed E-state index contributed by atoms with van der Waals surface area (Å²) in [6.07, 6.45) is 18.2. The van der Waals surface area contributed by atoms with Gasteiger partial charge in [-0.2, -0.15) is 0 Å². The van der Waals surface area contributed by atoms with E-state index in [1.54, 1.807) is 6.08 Å². The summed E-state index contributed by atoms with van der Waals surface area (Å²) in [5.74, 6) is 1.38. The fourth-order valence-corrected chi connectivity index (χ4v) is 5.20. The average Bonchev–Trinajstić information content (AvgIpc) is 3.43. The van der Waals surface area contributed by atoms with Gasteiger partial charge in [-0.25, -0.2) is 9.98 Å². The van der Waals surface area contributed by atoms with Gasteiger partial charge in [0.1, 0.15) is 12.4 Å². The molecule has 0 amide bonds. The minimum Gasteiger partial charge on any atom is -0.493 e. The van der Waals surface area contributed by atoms with Crippen molar-refractivity contribution >= 4 is 27.9 Å². The molecular formula is C43H44N2O. The molecule has 3 aromatic carbocycles. The third kappa shape index (κ3) is 8.46. The molecule has 0 unspecified atom stereocenters. The molecule has 0 radical (unpaired) electrons. The molecule has 0 atom stereocenters. The summed E-state index contributed by atoms with van der Waals surface area (Å²) in [7, 11) is 0. The van der Waals surface area contributed by atoms with Gasteiger partial charge in [-0.3, -0.25) is 0 Å². The SMILES string of the molecule is C=C\C=C/C(C(=N/C(=C)C(=C)/C=C\CCC)/N=C(\C)c1ccccc1)=C1\COC(C)=C1/C=C(\C=C/C)c1cccc2ccccc12. The van der Waals surface area contributed by atoms with E-state index in [0.717, 1.165) is 63.3 Å². The molecule has 0 N–H and O–H groups in total. The van der Waals surface area contributed by atoms with E-state index in [0.29, 0.717) is 18.1 Å². The first-order chi connectivity index (χ1) is 22.4. The van der Waals surface area contributed by atoms with Crippen LogP contribution in [0.15, 0.2) is 185 Å². The van der Waals surface area contributed by atoms with E-state index in [2.05, 4.69) is 106 Å². The van der Waals surface area contributed by atoms with Gasteiger partial charge in [0.15, 0.2) is 5.84 Å². The predicted molar refractivity (Wildman–Crippen MR) is 200 cm³/mol. The molecule has 1 aliphatic heterocycles. The minimum absolute atomic E-state index is 0.385. The average molecular weight is 605 g/mol. The van der Waals surface area contributed by atoms with Crippen LogP contribution in [0.5, 0.6) is 0 Å². The van der Waals surface area contributed by atoms with Crippen LogP contribution in [-0.2, 0) is 4.74 Å². The summed E-state index contributed by atoms with van der Waals surface area (Å²) >= 11 is 0. The lowest BCUT2D eigenvalue weighted by molar-refractivity contribution is 0.263. The van der Waals surface area contributed by atoms with Crippen molar-refractivity contribution in [2.45, 2.75) is 40.5 Å². The lowest BCUT2D eigenvalue weighted by Crippen LogP contribution is -2.09. The van der Waals surface area contributed by atoms with Gasteiger partial charge >= 0.3 is 0 Å². The maximum atomic E-state index is 6.24. The summed E-state index contributed by atoms with van der Waals surface area (Å²) in [4.78, 5) is 10.1. The van der Waals surface area contributed by atoms with E-state index >= 15 is 0 Å². The van der Waals surface area contributed by atoms with Crippen LogP contribution in [0.25, 0.3) is 16.3 Å². The molecule has 0 saturated heterocycles. The van der Waals surface area contributed by atoms with E-state index in [1.165, 1.54) is 10.8 Å². The number of allylic oxidation sites excluding steroid dienone is 9. The molecule has 0 bridgehead atoms. The van der Waals surface area contributed by atoms with E-state index in [9.17, 15) is 0 Å². The van der Waals surface area contributed by atoms with E-state index in [1.807, 2.05) is 57.2 Å². The molecule has 232 valence electrons. The molecule has 0 aliphatic carbocycles. The predicted octanol–water partition coefficient (Wildman–Crippen LogP) is 11.5. The van der Waals surface area contributed by atoms with Crippen LogP contribution < -0.4 is 0 Å². The van der Waals surface area contributed by atoms with Gasteiger partial charge in [0.2, 0.25) is 0 Å². The van der Waals surface area contributed by atoms with E-state index < -0.39 is 0 Å². The molecule has 1 aliphatic rings. The second-order valence-corrected chi connectivity index (χ2v) is 11.0. The molecule has 0 spiro atoms. The van der Waals surface area contributed by atoms with Crippen LogP contribution in [0.3, 0.4) is 0 Å². The maximum absolute atomic E-state index is 6.24. The first-order valence-corrected chi connectivity index (χ1v) is 15.8. The molecule has 1 heterocycles. The standard InChI is InChI=1S/C43H44N2O/c1-8-11-14-21-31(4)32(5)44-43(45-33(6)35-22-15-13-16-23-35)40(26-12-9-2)42-30-46-34(7)41(42)29-37(20-10-3)39-28-19-25-36-24-17-18-27-38(36)39/h9-10,12-29H,2,4-5,8,11,30H2,1,3,6-7H3/b20-10-,21-14-,26-12-,37-29+,42-40-,44-43-,45-33+. The second-order valence-electron chi connectivity index (χ2n) is 11.0. The zero-order valence-corrected chi connectivity index (χ0v) is 27.6. The Morgan fingerprint density at radius 2 is 1.65 bits per heavy atom. The maximum Gasteiger partial charge on any atom is 0.160 e. The van der Waals surface area contributed by atoms with Crippen LogP contribution in [0, 0.1) is 0 Å². The highest BCUT2D eigenvalue weighted by Crippen LogP contribution is 2.35. The monoisotopic (exact) mass is 604 g/mol. The van der Waals surface area contributed by atoms with Gasteiger partial charge in [-0.15, -0.1) is 0 Å². The van der Waals surface area contributed by atoms with Gasteiger partial charge in [0.05, 0.1) is 5.70 Å². The molecule has 4 rings (SSSR count). The molecular weight excluding hydrogens is 560 g/mol. The van der Waals surface area contributed by atoms with Crippen molar-refractivity contribution in [3.63, 3.8) is 0 Å². The van der Waals surface area contributed by atoms with Crippen LogP contribution in [0.2, 0.25) is 0 Å². The van der Waals surface area contributed by atoms with Crippen molar-refractivity contribution in [3.05, 3.63) is 186 Å². The zero-order valence-electron chi connectivity index (χ0n) is 27.6. The van der Waals surface area contributed by atoms with E-state index in [-0.39, 0.29) is 0 Å². The largest absolute Gasteiger partial charge is 0.493 e. The normalized spacial score (nSPS) is 15.8. The van der Waals surface area contributed by atoms with Crippen molar-refractivity contribution in [3.8, 4) is 0 Å². The molecule has 0 fully saturated rings. The number of unbranched alkanes of at least 4 members (excludes halogenated alkanes) is 1. The molecule has 46 heavy (non-hydrogen) atoms. The highest BCUT2D eigenvalue weighted by molar-refractivity contribution is 6.13. The topological polar surface area (TPSA) is 34.0 Å². The molecule has 3 aromatic rings. The first-order valence-electron chi connectivity index (χ1n) is 15.8. The lowest BCUT2D eigenvalue weighted by Gasteiger charge is -2.13. The van der Waals surface area contributed by atoms with Crippen molar-refractivity contribution in [1.29, 1.82) is 0 Å². The molecule has 3 nitrogen and oxygen atoms in total. The fourth-order valence-electron chi connectivity index (χ4n) is 5.20. The summed E-state index contributed by atoms with van der Waals surface area (Å²) in [5.41, 5.74) is 8.22. The smallest absolute Gasteiger partial charge is 0.160 e. The quantitative estimate of drug-likeness (QED) is 0.115. The number of aliphatic imine (C=N–C) groups is 2. The Bertz CT molecular complexity index is 1850. The Labute approximate surface area is 275 Å². The number of amidine groups is 1. The number of ether oxygens (including phenoxy) is 1. The Hall–Kier alpha value is -5.28. The summed E-state index contributed by atoms with van der Waals surface area (Å²) < 4.78 is 6.24. The van der Waals surface area contributed by atoms with Crippen LogP contribution in [0.4, 0.5) is 0 Å².